The minimum absolute atomic E-state index is 0.0742. The van der Waals surface area contributed by atoms with Crippen molar-refractivity contribution in [2.24, 2.45) is 0 Å². The maximum Gasteiger partial charge on any atom is 0.306 e. The SMILES string of the molecule is CCC/C=C\CCCCCCCC(=O)OC(COC(=O)CCCCCCCC)COC(=O)CCCCCCCCCCCCCCC/C=C\C/C=C\CCCCCCC. The molecule has 0 radical (unpaired) electrons. The molecule has 0 heterocycles. The zero-order chi connectivity index (χ0) is 43.0. The fourth-order valence-corrected chi connectivity index (χ4v) is 7.24. The van der Waals surface area contributed by atoms with Gasteiger partial charge in [-0.2, -0.15) is 0 Å². The lowest BCUT2D eigenvalue weighted by molar-refractivity contribution is -0.167. The summed E-state index contributed by atoms with van der Waals surface area (Å²) < 4.78 is 16.6. The van der Waals surface area contributed by atoms with Gasteiger partial charge in [-0.3, -0.25) is 14.4 Å². The van der Waals surface area contributed by atoms with E-state index < -0.39 is 6.10 Å². The lowest BCUT2D eigenvalue weighted by atomic mass is 10.0. The number of hydrogen-bond donors (Lipinski definition) is 0. The summed E-state index contributed by atoms with van der Waals surface area (Å²) in [5.74, 6) is -0.891. The normalized spacial score (nSPS) is 12.3. The second-order valence-electron chi connectivity index (χ2n) is 17.1. The largest absolute Gasteiger partial charge is 0.462 e. The molecular formula is C53H96O6. The summed E-state index contributed by atoms with van der Waals surface area (Å²) in [6.07, 6.45) is 56.0. The first-order valence-corrected chi connectivity index (χ1v) is 25.5. The summed E-state index contributed by atoms with van der Waals surface area (Å²) in [7, 11) is 0. The number of hydrogen-bond acceptors (Lipinski definition) is 6. The van der Waals surface area contributed by atoms with Gasteiger partial charge in [0.05, 0.1) is 0 Å². The highest BCUT2D eigenvalue weighted by Gasteiger charge is 2.19. The molecule has 344 valence electrons. The summed E-state index contributed by atoms with van der Waals surface area (Å²) in [5, 5.41) is 0. The highest BCUT2D eigenvalue weighted by Crippen LogP contribution is 2.15. The lowest BCUT2D eigenvalue weighted by Crippen LogP contribution is -2.30. The molecule has 6 heteroatoms. The van der Waals surface area contributed by atoms with E-state index in [1.807, 2.05) is 0 Å². The Morgan fingerprint density at radius 3 is 1.02 bits per heavy atom. The van der Waals surface area contributed by atoms with Gasteiger partial charge in [0.1, 0.15) is 13.2 Å². The van der Waals surface area contributed by atoms with E-state index in [0.29, 0.717) is 19.3 Å². The molecule has 1 atom stereocenters. The molecule has 0 amide bonds. The van der Waals surface area contributed by atoms with E-state index in [0.717, 1.165) is 83.5 Å². The Hall–Kier alpha value is -2.37. The highest BCUT2D eigenvalue weighted by molar-refractivity contribution is 5.71. The van der Waals surface area contributed by atoms with Gasteiger partial charge < -0.3 is 14.2 Å². The zero-order valence-electron chi connectivity index (χ0n) is 39.3. The second-order valence-corrected chi connectivity index (χ2v) is 17.1. The van der Waals surface area contributed by atoms with Crippen molar-refractivity contribution in [2.45, 2.75) is 271 Å². The van der Waals surface area contributed by atoms with Crippen LogP contribution in [0, 0.1) is 0 Å². The first kappa shape index (κ1) is 56.6. The van der Waals surface area contributed by atoms with Crippen molar-refractivity contribution in [2.75, 3.05) is 13.2 Å². The molecule has 0 aliphatic carbocycles. The van der Waals surface area contributed by atoms with Gasteiger partial charge in [-0.15, -0.1) is 0 Å². The van der Waals surface area contributed by atoms with Gasteiger partial charge in [0.25, 0.3) is 0 Å². The lowest BCUT2D eigenvalue weighted by Gasteiger charge is -2.18. The van der Waals surface area contributed by atoms with Crippen LogP contribution in [0.15, 0.2) is 36.5 Å². The van der Waals surface area contributed by atoms with Crippen molar-refractivity contribution in [3.05, 3.63) is 36.5 Å². The number of unbranched alkanes of at least 4 members (excludes halogenated alkanes) is 29. The molecular weight excluding hydrogens is 733 g/mol. The fraction of sp³-hybridized carbons (Fsp3) is 0.830. The number of rotatable bonds is 46. The smallest absolute Gasteiger partial charge is 0.306 e. The number of esters is 3. The molecule has 0 N–H and O–H groups in total. The van der Waals surface area contributed by atoms with E-state index in [1.165, 1.54) is 141 Å². The van der Waals surface area contributed by atoms with Gasteiger partial charge in [0.2, 0.25) is 0 Å². The predicted octanol–water partition coefficient (Wildman–Crippen LogP) is 16.5. The standard InChI is InChI=1S/C53H96O6/c1-4-7-10-13-16-18-20-21-22-23-24-25-26-27-28-29-30-31-32-33-34-36-37-40-43-46-52(55)58-49-50(48-57-51(54)45-42-39-15-12-9-6-3)59-53(56)47-44-41-38-35-19-17-14-11-8-5-2/h11,14,20-21,23-24,50H,4-10,12-13,15-19,22,25-49H2,1-3H3/b14-11-,21-20-,24-23-. The summed E-state index contributed by atoms with van der Waals surface area (Å²) in [5.41, 5.74) is 0. The maximum absolute atomic E-state index is 12.7. The Morgan fingerprint density at radius 2 is 0.644 bits per heavy atom. The number of ether oxygens (including phenoxy) is 3. The van der Waals surface area contributed by atoms with Crippen LogP contribution in [0.1, 0.15) is 265 Å². The van der Waals surface area contributed by atoms with Crippen LogP contribution in [0.4, 0.5) is 0 Å². The van der Waals surface area contributed by atoms with Crippen molar-refractivity contribution in [1.29, 1.82) is 0 Å². The van der Waals surface area contributed by atoms with Crippen LogP contribution in [0.25, 0.3) is 0 Å². The quantitative estimate of drug-likeness (QED) is 0.0263. The molecule has 0 saturated heterocycles. The third kappa shape index (κ3) is 46.5. The van der Waals surface area contributed by atoms with Gasteiger partial charge in [-0.05, 0) is 70.6 Å². The van der Waals surface area contributed by atoms with Gasteiger partial charge in [-0.1, -0.05) is 211 Å². The molecule has 0 aliphatic rings. The van der Waals surface area contributed by atoms with Gasteiger partial charge in [0.15, 0.2) is 6.10 Å². The average molecular weight is 829 g/mol. The monoisotopic (exact) mass is 829 g/mol. The summed E-state index contributed by atoms with van der Waals surface area (Å²) in [6, 6.07) is 0. The number of allylic oxidation sites excluding steroid dienone is 6. The third-order valence-electron chi connectivity index (χ3n) is 11.1. The van der Waals surface area contributed by atoms with Crippen molar-refractivity contribution in [3.63, 3.8) is 0 Å². The Bertz CT molecular complexity index is 1000. The molecule has 0 rings (SSSR count). The van der Waals surface area contributed by atoms with Gasteiger partial charge in [-0.25, -0.2) is 0 Å². The van der Waals surface area contributed by atoms with E-state index in [9.17, 15) is 14.4 Å². The number of carbonyl (C=O) groups excluding carboxylic acids is 3. The fourth-order valence-electron chi connectivity index (χ4n) is 7.24. The molecule has 1 unspecified atom stereocenters. The van der Waals surface area contributed by atoms with Crippen molar-refractivity contribution in [3.8, 4) is 0 Å². The minimum Gasteiger partial charge on any atom is -0.462 e. The summed E-state index contributed by atoms with van der Waals surface area (Å²) in [6.45, 7) is 6.51. The highest BCUT2D eigenvalue weighted by atomic mass is 16.6. The number of carbonyl (C=O) groups is 3. The van der Waals surface area contributed by atoms with E-state index in [-0.39, 0.29) is 31.1 Å². The molecule has 0 aliphatic heterocycles. The molecule has 0 bridgehead atoms. The van der Waals surface area contributed by atoms with Crippen molar-refractivity contribution in [1.82, 2.24) is 0 Å². The molecule has 0 fully saturated rings. The molecule has 0 spiro atoms. The Kier molecular flexibility index (Phi) is 46.4. The van der Waals surface area contributed by atoms with E-state index in [2.05, 4.69) is 57.2 Å². The van der Waals surface area contributed by atoms with Crippen LogP contribution in [-0.2, 0) is 28.6 Å². The molecule has 6 nitrogen and oxygen atoms in total. The molecule has 59 heavy (non-hydrogen) atoms. The van der Waals surface area contributed by atoms with Crippen molar-refractivity contribution < 1.29 is 28.6 Å². The predicted molar refractivity (Wildman–Crippen MR) is 252 cm³/mol. The Balaban J connectivity index is 4.04. The second kappa shape index (κ2) is 48.3. The van der Waals surface area contributed by atoms with E-state index in [1.54, 1.807) is 0 Å². The third-order valence-corrected chi connectivity index (χ3v) is 11.1. The van der Waals surface area contributed by atoms with Crippen LogP contribution < -0.4 is 0 Å². The molecule has 0 aromatic carbocycles. The summed E-state index contributed by atoms with van der Waals surface area (Å²) >= 11 is 0. The van der Waals surface area contributed by atoms with Crippen molar-refractivity contribution >= 4 is 17.9 Å². The van der Waals surface area contributed by atoms with Crippen LogP contribution in [-0.4, -0.2) is 37.2 Å². The van der Waals surface area contributed by atoms with E-state index in [4.69, 9.17) is 14.2 Å². The van der Waals surface area contributed by atoms with E-state index >= 15 is 0 Å². The minimum atomic E-state index is -0.769. The van der Waals surface area contributed by atoms with Crippen LogP contribution in [0.2, 0.25) is 0 Å². The average Bonchev–Trinajstić information content (AvgIpc) is 3.23. The molecule has 0 saturated carbocycles. The van der Waals surface area contributed by atoms with Crippen LogP contribution >= 0.6 is 0 Å². The van der Waals surface area contributed by atoms with Crippen LogP contribution in [0.3, 0.4) is 0 Å². The van der Waals surface area contributed by atoms with Gasteiger partial charge >= 0.3 is 17.9 Å². The first-order chi connectivity index (χ1) is 29.0. The van der Waals surface area contributed by atoms with Gasteiger partial charge in [0, 0.05) is 19.3 Å². The first-order valence-electron chi connectivity index (χ1n) is 25.5. The maximum atomic E-state index is 12.7. The summed E-state index contributed by atoms with van der Waals surface area (Å²) in [4.78, 5) is 37.6. The molecule has 0 aromatic rings. The van der Waals surface area contributed by atoms with Crippen LogP contribution in [0.5, 0.6) is 0 Å². The molecule has 0 aromatic heterocycles. The zero-order valence-corrected chi connectivity index (χ0v) is 39.3. The topological polar surface area (TPSA) is 78.9 Å². The Labute approximate surface area is 365 Å². The Morgan fingerprint density at radius 1 is 0.339 bits per heavy atom.